The lowest BCUT2D eigenvalue weighted by atomic mass is 10.1. The van der Waals surface area contributed by atoms with Crippen molar-refractivity contribution in [2.75, 3.05) is 5.73 Å². The van der Waals surface area contributed by atoms with Crippen LogP contribution >= 0.6 is 15.9 Å². The normalized spacial score (nSPS) is 12.9. The number of imidazole rings is 1. The number of rotatable bonds is 2. The minimum Gasteiger partial charge on any atom is -0.479 e. The number of aromatic amines is 1. The van der Waals surface area contributed by atoms with Crippen LogP contribution in [-0.4, -0.2) is 26.2 Å². The molecule has 0 saturated heterocycles. The van der Waals surface area contributed by atoms with E-state index < -0.39 is 12.1 Å². The van der Waals surface area contributed by atoms with Crippen molar-refractivity contribution in [2.24, 2.45) is 0 Å². The Kier molecular flexibility index (Phi) is 2.56. The van der Waals surface area contributed by atoms with Gasteiger partial charge in [0.05, 0.1) is 11.0 Å². The number of nitrogens with two attached hydrogens (primary N) is 1. The molecule has 1 aromatic heterocycles. The van der Waals surface area contributed by atoms with Crippen LogP contribution < -0.4 is 5.73 Å². The molecule has 2 rings (SSSR count). The Bertz CT molecular complexity index is 566. The van der Waals surface area contributed by atoms with Gasteiger partial charge >= 0.3 is 5.97 Å². The van der Waals surface area contributed by atoms with E-state index in [9.17, 15) is 9.90 Å². The van der Waals surface area contributed by atoms with Crippen molar-refractivity contribution in [3.05, 3.63) is 22.2 Å². The Morgan fingerprint density at radius 2 is 2.25 bits per heavy atom. The number of nitrogens with zero attached hydrogens (tertiary/aromatic N) is 1. The van der Waals surface area contributed by atoms with Gasteiger partial charge in [-0.05, 0) is 12.1 Å². The predicted molar refractivity (Wildman–Crippen MR) is 60.8 cm³/mol. The van der Waals surface area contributed by atoms with Gasteiger partial charge < -0.3 is 20.9 Å². The lowest BCUT2D eigenvalue weighted by Gasteiger charge is -2.06. The summed E-state index contributed by atoms with van der Waals surface area (Å²) in [7, 11) is 0. The second-order valence-corrected chi connectivity index (χ2v) is 4.17. The van der Waals surface area contributed by atoms with E-state index in [4.69, 9.17) is 10.8 Å². The molecule has 0 fully saturated rings. The van der Waals surface area contributed by atoms with E-state index in [1.54, 1.807) is 6.07 Å². The number of H-pyrrole nitrogens is 1. The quantitative estimate of drug-likeness (QED) is 0.658. The number of hydrogen-bond donors (Lipinski definition) is 4. The molecule has 2 aromatic rings. The van der Waals surface area contributed by atoms with Crippen molar-refractivity contribution in [1.29, 1.82) is 0 Å². The molecular weight excluding hydrogens is 278 g/mol. The van der Waals surface area contributed by atoms with Crippen LogP contribution in [-0.2, 0) is 4.79 Å². The predicted octanol–water partition coefficient (Wildman–Crippen LogP) is 1.03. The van der Waals surface area contributed by atoms with Gasteiger partial charge in [-0.15, -0.1) is 0 Å². The summed E-state index contributed by atoms with van der Waals surface area (Å²) in [6.45, 7) is 0. The number of nitrogen functional groups attached to an aromatic ring is 1. The molecule has 6 nitrogen and oxygen atoms in total. The van der Waals surface area contributed by atoms with Crippen molar-refractivity contribution in [2.45, 2.75) is 6.10 Å². The first-order chi connectivity index (χ1) is 7.49. The number of carbonyl (C=O) groups is 1. The van der Waals surface area contributed by atoms with Gasteiger partial charge in [-0.1, -0.05) is 15.9 Å². The molecule has 0 aliphatic carbocycles. The fourth-order valence-electron chi connectivity index (χ4n) is 1.47. The van der Waals surface area contributed by atoms with Crippen LogP contribution in [0.5, 0.6) is 0 Å². The highest BCUT2D eigenvalue weighted by Gasteiger charge is 2.21. The van der Waals surface area contributed by atoms with Crippen LogP contribution in [0.2, 0.25) is 0 Å². The van der Waals surface area contributed by atoms with Gasteiger partial charge in [0.1, 0.15) is 0 Å². The van der Waals surface area contributed by atoms with E-state index in [1.165, 1.54) is 6.07 Å². The van der Waals surface area contributed by atoms with Crippen LogP contribution in [0, 0.1) is 0 Å². The molecular formula is C9H8BrN3O3. The molecule has 0 bridgehead atoms. The van der Waals surface area contributed by atoms with Crippen LogP contribution in [0.4, 0.5) is 5.95 Å². The highest BCUT2D eigenvalue weighted by molar-refractivity contribution is 9.10. The van der Waals surface area contributed by atoms with E-state index in [1.807, 2.05) is 0 Å². The molecule has 5 N–H and O–H groups in total. The summed E-state index contributed by atoms with van der Waals surface area (Å²) in [5.41, 5.74) is 6.60. The maximum atomic E-state index is 10.7. The minimum atomic E-state index is -1.62. The van der Waals surface area contributed by atoms with E-state index in [0.717, 1.165) is 0 Å². The zero-order valence-electron chi connectivity index (χ0n) is 7.94. The molecule has 0 amide bonds. The summed E-state index contributed by atoms with van der Waals surface area (Å²) in [6.07, 6.45) is -1.62. The van der Waals surface area contributed by atoms with E-state index in [2.05, 4.69) is 25.9 Å². The van der Waals surface area contributed by atoms with E-state index >= 15 is 0 Å². The maximum absolute atomic E-state index is 10.7. The number of aliphatic hydroxyl groups is 1. The van der Waals surface area contributed by atoms with Crippen LogP contribution in [0.1, 0.15) is 11.7 Å². The number of fused-ring (bicyclic) bond motifs is 1. The van der Waals surface area contributed by atoms with Gasteiger partial charge in [0.25, 0.3) is 0 Å². The van der Waals surface area contributed by atoms with Gasteiger partial charge in [-0.2, -0.15) is 0 Å². The van der Waals surface area contributed by atoms with Crippen LogP contribution in [0.3, 0.4) is 0 Å². The summed E-state index contributed by atoms with van der Waals surface area (Å²) in [6, 6.07) is 3.21. The first-order valence-corrected chi connectivity index (χ1v) is 5.14. The number of aliphatic carboxylic acids is 1. The molecule has 1 atom stereocenters. The number of aliphatic hydroxyl groups excluding tert-OH is 1. The molecule has 1 aromatic carbocycles. The summed E-state index contributed by atoms with van der Waals surface area (Å²) in [5.74, 6) is -1.16. The Balaban J connectivity index is 2.71. The number of nitrogens with one attached hydrogen (secondary N) is 1. The number of benzene rings is 1. The third-order valence-electron chi connectivity index (χ3n) is 2.13. The molecule has 1 heterocycles. The summed E-state index contributed by atoms with van der Waals surface area (Å²) < 4.78 is 0.638. The standard InChI is InChI=1S/C9H8BrN3O3/c10-3-1-4(7(14)8(15)16)6-5(2-3)12-9(11)13-6/h1-2,7,14H,(H,15,16)(H3,11,12,13). The molecule has 0 aliphatic heterocycles. The highest BCUT2D eigenvalue weighted by Crippen LogP contribution is 2.27. The number of carboxylic acid groups (broad SMARTS) is 1. The highest BCUT2D eigenvalue weighted by atomic mass is 79.9. The molecule has 0 saturated carbocycles. The van der Waals surface area contributed by atoms with Gasteiger partial charge in [0.15, 0.2) is 12.1 Å². The first kappa shape index (κ1) is 10.9. The molecule has 0 aliphatic rings. The van der Waals surface area contributed by atoms with E-state index in [0.29, 0.717) is 15.5 Å². The number of aromatic nitrogens is 2. The maximum Gasteiger partial charge on any atom is 0.337 e. The van der Waals surface area contributed by atoms with E-state index in [-0.39, 0.29) is 11.5 Å². The number of anilines is 1. The fourth-order valence-corrected chi connectivity index (χ4v) is 1.94. The molecule has 7 heteroatoms. The summed E-state index contributed by atoms with van der Waals surface area (Å²) >= 11 is 3.22. The molecule has 1 unspecified atom stereocenters. The lowest BCUT2D eigenvalue weighted by Crippen LogP contribution is -2.11. The third-order valence-corrected chi connectivity index (χ3v) is 2.59. The van der Waals surface area contributed by atoms with Gasteiger partial charge in [0.2, 0.25) is 0 Å². The fraction of sp³-hybridized carbons (Fsp3) is 0.111. The van der Waals surface area contributed by atoms with Crippen molar-refractivity contribution in [3.8, 4) is 0 Å². The zero-order chi connectivity index (χ0) is 11.9. The average Bonchev–Trinajstić information content (AvgIpc) is 2.55. The lowest BCUT2D eigenvalue weighted by molar-refractivity contribution is -0.146. The summed E-state index contributed by atoms with van der Waals surface area (Å²) in [5, 5.41) is 18.3. The average molecular weight is 286 g/mol. The monoisotopic (exact) mass is 285 g/mol. The molecule has 0 radical (unpaired) electrons. The largest absolute Gasteiger partial charge is 0.479 e. The minimum absolute atomic E-state index is 0.173. The van der Waals surface area contributed by atoms with Crippen LogP contribution in [0.15, 0.2) is 16.6 Å². The summed E-state index contributed by atoms with van der Waals surface area (Å²) in [4.78, 5) is 17.4. The Morgan fingerprint density at radius 3 is 2.88 bits per heavy atom. The zero-order valence-corrected chi connectivity index (χ0v) is 9.52. The second-order valence-electron chi connectivity index (χ2n) is 3.25. The molecule has 16 heavy (non-hydrogen) atoms. The topological polar surface area (TPSA) is 112 Å². The molecule has 0 spiro atoms. The third kappa shape index (κ3) is 1.74. The Labute approximate surface area is 98.2 Å². The Hall–Kier alpha value is -1.60. The Morgan fingerprint density at radius 1 is 1.56 bits per heavy atom. The van der Waals surface area contributed by atoms with Gasteiger partial charge in [-0.3, -0.25) is 0 Å². The van der Waals surface area contributed by atoms with Crippen molar-refractivity contribution < 1.29 is 15.0 Å². The van der Waals surface area contributed by atoms with Gasteiger partial charge in [-0.25, -0.2) is 9.78 Å². The first-order valence-electron chi connectivity index (χ1n) is 4.34. The van der Waals surface area contributed by atoms with Crippen LogP contribution in [0.25, 0.3) is 11.0 Å². The second kappa shape index (κ2) is 3.76. The smallest absolute Gasteiger partial charge is 0.337 e. The SMILES string of the molecule is Nc1nc2c(C(O)C(=O)O)cc(Br)cc2[nH]1. The van der Waals surface area contributed by atoms with Crippen molar-refractivity contribution in [3.63, 3.8) is 0 Å². The van der Waals surface area contributed by atoms with Gasteiger partial charge in [0, 0.05) is 10.0 Å². The van der Waals surface area contributed by atoms with Crippen molar-refractivity contribution in [1.82, 2.24) is 9.97 Å². The number of halogens is 1. The number of carboxylic acids is 1. The number of hydrogen-bond acceptors (Lipinski definition) is 4. The molecule has 84 valence electrons. The van der Waals surface area contributed by atoms with Crippen molar-refractivity contribution >= 4 is 38.9 Å².